The van der Waals surface area contributed by atoms with Gasteiger partial charge in [0.1, 0.15) is 5.75 Å². The minimum Gasteiger partial charge on any atom is -0.497 e. The van der Waals surface area contributed by atoms with Crippen LogP contribution in [0.5, 0.6) is 5.75 Å². The Morgan fingerprint density at radius 3 is 2.81 bits per heavy atom. The number of benzene rings is 1. The standard InChI is InChI=1S/C13H20BrNO/c1-4-15-10(2)5-6-11-9-12(16-3)7-8-13(11)14/h7-10,15H,4-6H2,1-3H3. The van der Waals surface area contributed by atoms with Gasteiger partial charge in [0.15, 0.2) is 0 Å². The Morgan fingerprint density at radius 1 is 1.44 bits per heavy atom. The molecule has 0 heterocycles. The quantitative estimate of drug-likeness (QED) is 0.865. The van der Waals surface area contributed by atoms with Crippen molar-refractivity contribution in [3.05, 3.63) is 28.2 Å². The average Bonchev–Trinajstić information content (AvgIpc) is 2.28. The first-order chi connectivity index (χ1) is 7.67. The van der Waals surface area contributed by atoms with E-state index >= 15 is 0 Å². The van der Waals surface area contributed by atoms with Crippen LogP contribution in [0.15, 0.2) is 22.7 Å². The zero-order valence-corrected chi connectivity index (χ0v) is 11.8. The Balaban J connectivity index is 2.58. The first-order valence-corrected chi connectivity index (χ1v) is 6.52. The van der Waals surface area contributed by atoms with Crippen LogP contribution in [0.1, 0.15) is 25.8 Å². The molecule has 0 radical (unpaired) electrons. The molecule has 2 nitrogen and oxygen atoms in total. The van der Waals surface area contributed by atoms with Crippen LogP contribution in [0, 0.1) is 0 Å². The van der Waals surface area contributed by atoms with E-state index < -0.39 is 0 Å². The fraction of sp³-hybridized carbons (Fsp3) is 0.538. The number of methoxy groups -OCH3 is 1. The molecule has 0 aromatic heterocycles. The Morgan fingerprint density at radius 2 is 2.19 bits per heavy atom. The van der Waals surface area contributed by atoms with Gasteiger partial charge in [-0.15, -0.1) is 0 Å². The topological polar surface area (TPSA) is 21.3 Å². The molecule has 0 aliphatic carbocycles. The van der Waals surface area contributed by atoms with E-state index in [1.807, 2.05) is 12.1 Å². The van der Waals surface area contributed by atoms with Crippen LogP contribution in [0.2, 0.25) is 0 Å². The van der Waals surface area contributed by atoms with E-state index in [1.54, 1.807) is 7.11 Å². The van der Waals surface area contributed by atoms with E-state index in [4.69, 9.17) is 4.74 Å². The molecule has 1 N–H and O–H groups in total. The van der Waals surface area contributed by atoms with E-state index in [2.05, 4.69) is 41.2 Å². The molecule has 0 aliphatic rings. The lowest BCUT2D eigenvalue weighted by molar-refractivity contribution is 0.414. The van der Waals surface area contributed by atoms with Crippen molar-refractivity contribution >= 4 is 15.9 Å². The summed E-state index contributed by atoms with van der Waals surface area (Å²) in [5, 5.41) is 3.42. The molecular weight excluding hydrogens is 266 g/mol. The number of ether oxygens (including phenoxy) is 1. The smallest absolute Gasteiger partial charge is 0.119 e. The summed E-state index contributed by atoms with van der Waals surface area (Å²) in [5.74, 6) is 0.925. The molecule has 0 saturated heterocycles. The fourth-order valence-electron chi connectivity index (χ4n) is 1.69. The number of halogens is 1. The minimum absolute atomic E-state index is 0.558. The van der Waals surface area contributed by atoms with Crippen molar-refractivity contribution in [2.75, 3.05) is 13.7 Å². The second-order valence-corrected chi connectivity index (χ2v) is 4.81. The van der Waals surface area contributed by atoms with Crippen molar-refractivity contribution in [1.82, 2.24) is 5.32 Å². The van der Waals surface area contributed by atoms with Gasteiger partial charge >= 0.3 is 0 Å². The maximum absolute atomic E-state index is 5.23. The van der Waals surface area contributed by atoms with E-state index in [1.165, 1.54) is 5.56 Å². The molecule has 0 spiro atoms. The molecule has 1 atom stereocenters. The minimum atomic E-state index is 0.558. The highest BCUT2D eigenvalue weighted by atomic mass is 79.9. The second-order valence-electron chi connectivity index (χ2n) is 3.95. The zero-order chi connectivity index (χ0) is 12.0. The molecule has 1 aromatic carbocycles. The fourth-order valence-corrected chi connectivity index (χ4v) is 2.14. The van der Waals surface area contributed by atoms with Crippen LogP contribution in [-0.4, -0.2) is 19.7 Å². The van der Waals surface area contributed by atoms with E-state index in [0.717, 1.165) is 29.6 Å². The lowest BCUT2D eigenvalue weighted by Gasteiger charge is -2.13. The molecular formula is C13H20BrNO. The van der Waals surface area contributed by atoms with Crippen LogP contribution < -0.4 is 10.1 Å². The Labute approximate surface area is 107 Å². The number of rotatable bonds is 6. The van der Waals surface area contributed by atoms with Crippen LogP contribution in [0.25, 0.3) is 0 Å². The highest BCUT2D eigenvalue weighted by molar-refractivity contribution is 9.10. The number of hydrogen-bond acceptors (Lipinski definition) is 2. The predicted octanol–water partition coefficient (Wildman–Crippen LogP) is 3.39. The van der Waals surface area contributed by atoms with Crippen molar-refractivity contribution in [2.45, 2.75) is 32.7 Å². The van der Waals surface area contributed by atoms with Crippen molar-refractivity contribution in [3.63, 3.8) is 0 Å². The summed E-state index contributed by atoms with van der Waals surface area (Å²) in [4.78, 5) is 0. The number of aryl methyl sites for hydroxylation is 1. The van der Waals surface area contributed by atoms with Crippen molar-refractivity contribution in [1.29, 1.82) is 0 Å². The van der Waals surface area contributed by atoms with E-state index in [9.17, 15) is 0 Å². The largest absolute Gasteiger partial charge is 0.497 e. The highest BCUT2D eigenvalue weighted by Crippen LogP contribution is 2.23. The van der Waals surface area contributed by atoms with Gasteiger partial charge in [-0.25, -0.2) is 0 Å². The molecule has 0 amide bonds. The summed E-state index contributed by atoms with van der Waals surface area (Å²) >= 11 is 3.57. The molecule has 1 unspecified atom stereocenters. The Hall–Kier alpha value is -0.540. The maximum atomic E-state index is 5.23. The Bertz CT molecular complexity index is 328. The number of hydrogen-bond donors (Lipinski definition) is 1. The summed E-state index contributed by atoms with van der Waals surface area (Å²) in [7, 11) is 1.70. The first-order valence-electron chi connectivity index (χ1n) is 5.73. The molecule has 0 saturated carbocycles. The van der Waals surface area contributed by atoms with E-state index in [-0.39, 0.29) is 0 Å². The van der Waals surface area contributed by atoms with Crippen LogP contribution >= 0.6 is 15.9 Å². The lowest BCUT2D eigenvalue weighted by Crippen LogP contribution is -2.25. The van der Waals surface area contributed by atoms with Gasteiger partial charge in [0.25, 0.3) is 0 Å². The van der Waals surface area contributed by atoms with Gasteiger partial charge in [-0.1, -0.05) is 22.9 Å². The third kappa shape index (κ3) is 4.14. The molecule has 0 aliphatic heterocycles. The second kappa shape index (κ2) is 6.92. The van der Waals surface area contributed by atoms with Crippen LogP contribution in [0.3, 0.4) is 0 Å². The van der Waals surface area contributed by atoms with E-state index in [0.29, 0.717) is 6.04 Å². The average molecular weight is 286 g/mol. The highest BCUT2D eigenvalue weighted by Gasteiger charge is 2.05. The van der Waals surface area contributed by atoms with Crippen LogP contribution in [-0.2, 0) is 6.42 Å². The van der Waals surface area contributed by atoms with Crippen molar-refractivity contribution in [3.8, 4) is 5.75 Å². The van der Waals surface area contributed by atoms with Crippen LogP contribution in [0.4, 0.5) is 0 Å². The third-order valence-corrected chi connectivity index (χ3v) is 3.43. The summed E-state index contributed by atoms with van der Waals surface area (Å²) in [6.07, 6.45) is 2.20. The third-order valence-electron chi connectivity index (χ3n) is 2.65. The van der Waals surface area contributed by atoms with Gasteiger partial charge in [0.05, 0.1) is 7.11 Å². The molecule has 1 aromatic rings. The summed E-state index contributed by atoms with van der Waals surface area (Å²) in [5.41, 5.74) is 1.31. The van der Waals surface area contributed by atoms with Gasteiger partial charge in [0.2, 0.25) is 0 Å². The zero-order valence-electron chi connectivity index (χ0n) is 10.2. The lowest BCUT2D eigenvalue weighted by atomic mass is 10.1. The monoisotopic (exact) mass is 285 g/mol. The SMILES string of the molecule is CCNC(C)CCc1cc(OC)ccc1Br. The molecule has 16 heavy (non-hydrogen) atoms. The molecule has 90 valence electrons. The molecule has 0 fully saturated rings. The molecule has 0 bridgehead atoms. The summed E-state index contributed by atoms with van der Waals surface area (Å²) < 4.78 is 6.39. The molecule has 1 rings (SSSR count). The summed E-state index contributed by atoms with van der Waals surface area (Å²) in [6.45, 7) is 5.38. The number of nitrogens with one attached hydrogen (secondary N) is 1. The van der Waals surface area contributed by atoms with Crippen molar-refractivity contribution in [2.24, 2.45) is 0 Å². The Kier molecular flexibility index (Phi) is 5.85. The van der Waals surface area contributed by atoms with Gasteiger partial charge in [-0.3, -0.25) is 0 Å². The molecule has 3 heteroatoms. The first kappa shape index (κ1) is 13.5. The van der Waals surface area contributed by atoms with Crippen molar-refractivity contribution < 1.29 is 4.74 Å². The predicted molar refractivity (Wildman–Crippen MR) is 72.2 cm³/mol. The normalized spacial score (nSPS) is 12.5. The van der Waals surface area contributed by atoms with Gasteiger partial charge in [-0.05, 0) is 50.1 Å². The van der Waals surface area contributed by atoms with Gasteiger partial charge in [-0.2, -0.15) is 0 Å². The van der Waals surface area contributed by atoms with Gasteiger partial charge < -0.3 is 10.1 Å². The summed E-state index contributed by atoms with van der Waals surface area (Å²) in [6, 6.07) is 6.68. The maximum Gasteiger partial charge on any atom is 0.119 e. The van der Waals surface area contributed by atoms with Gasteiger partial charge in [0, 0.05) is 10.5 Å².